The maximum Gasteiger partial charge on any atom is 0.439 e. The SMILES string of the molecule is Cc1ccccc1OS(=O)(=O)N=C=O. The zero-order chi connectivity index (χ0) is 10.6. The van der Waals surface area contributed by atoms with Gasteiger partial charge in [0.05, 0.1) is 0 Å². The maximum absolute atomic E-state index is 10.9. The molecule has 1 aromatic rings. The van der Waals surface area contributed by atoms with Gasteiger partial charge in [0.1, 0.15) is 5.75 Å². The molecule has 0 aliphatic rings. The van der Waals surface area contributed by atoms with Crippen molar-refractivity contribution in [3.05, 3.63) is 29.8 Å². The molecule has 1 aromatic carbocycles. The number of isocyanates is 1. The molecule has 1 rings (SSSR count). The molecule has 5 nitrogen and oxygen atoms in total. The Bertz CT molecular complexity index is 474. The van der Waals surface area contributed by atoms with Crippen molar-refractivity contribution in [3.63, 3.8) is 0 Å². The molecule has 0 saturated heterocycles. The third-order valence-corrected chi connectivity index (χ3v) is 2.13. The van der Waals surface area contributed by atoms with Gasteiger partial charge in [-0.25, -0.2) is 4.79 Å². The van der Waals surface area contributed by atoms with E-state index in [9.17, 15) is 13.2 Å². The Morgan fingerprint density at radius 1 is 1.36 bits per heavy atom. The molecule has 0 aliphatic carbocycles. The summed E-state index contributed by atoms with van der Waals surface area (Å²) in [6, 6.07) is 6.49. The topological polar surface area (TPSA) is 72.8 Å². The molecule has 0 spiro atoms. The van der Waals surface area contributed by atoms with E-state index < -0.39 is 10.3 Å². The zero-order valence-corrected chi connectivity index (χ0v) is 8.11. The molecule has 0 saturated carbocycles. The molecule has 0 atom stereocenters. The number of nitrogens with zero attached hydrogens (tertiary/aromatic N) is 1. The number of para-hydroxylation sites is 1. The van der Waals surface area contributed by atoms with Crippen LogP contribution in [0.2, 0.25) is 0 Å². The second kappa shape index (κ2) is 4.04. The normalized spacial score (nSPS) is 10.4. The Balaban J connectivity index is 3.01. The van der Waals surface area contributed by atoms with Gasteiger partial charge in [-0.2, -0.15) is 8.42 Å². The van der Waals surface area contributed by atoms with Gasteiger partial charge in [0.2, 0.25) is 0 Å². The van der Waals surface area contributed by atoms with Crippen LogP contribution in [0.5, 0.6) is 5.75 Å². The summed E-state index contributed by atoms with van der Waals surface area (Å²) in [6.07, 6.45) is 0.910. The van der Waals surface area contributed by atoms with Crippen molar-refractivity contribution >= 4 is 16.4 Å². The van der Waals surface area contributed by atoms with Gasteiger partial charge in [0.15, 0.2) is 0 Å². The summed E-state index contributed by atoms with van der Waals surface area (Å²) < 4.78 is 28.9. The molecule has 0 amide bonds. The average Bonchev–Trinajstić information content (AvgIpc) is 2.08. The van der Waals surface area contributed by atoms with Gasteiger partial charge in [-0.3, -0.25) is 0 Å². The van der Waals surface area contributed by atoms with E-state index in [1.165, 1.54) is 6.07 Å². The first-order valence-electron chi connectivity index (χ1n) is 3.64. The fraction of sp³-hybridized carbons (Fsp3) is 0.125. The van der Waals surface area contributed by atoms with Crippen LogP contribution in [0.1, 0.15) is 5.56 Å². The monoisotopic (exact) mass is 213 g/mol. The highest BCUT2D eigenvalue weighted by Gasteiger charge is 2.11. The van der Waals surface area contributed by atoms with Crippen molar-refractivity contribution in [2.24, 2.45) is 4.40 Å². The van der Waals surface area contributed by atoms with Gasteiger partial charge >= 0.3 is 10.3 Å². The molecule has 0 fully saturated rings. The molecule has 6 heteroatoms. The molecule has 0 aliphatic heterocycles. The molecular weight excluding hydrogens is 206 g/mol. The van der Waals surface area contributed by atoms with E-state index >= 15 is 0 Å². The second-order valence-corrected chi connectivity index (χ2v) is 3.66. The average molecular weight is 213 g/mol. The lowest BCUT2D eigenvalue weighted by Crippen LogP contribution is -2.05. The third-order valence-electron chi connectivity index (χ3n) is 1.44. The summed E-state index contributed by atoms with van der Waals surface area (Å²) >= 11 is 0. The first-order chi connectivity index (χ1) is 6.55. The van der Waals surface area contributed by atoms with E-state index in [1.54, 1.807) is 25.1 Å². The number of benzene rings is 1. The lowest BCUT2D eigenvalue weighted by molar-refractivity contribution is 0.485. The summed E-state index contributed by atoms with van der Waals surface area (Å²) in [5.41, 5.74) is 0.636. The maximum atomic E-state index is 10.9. The molecule has 0 heterocycles. The molecule has 74 valence electrons. The number of aryl methyl sites for hydroxylation is 1. The van der Waals surface area contributed by atoms with Crippen molar-refractivity contribution in [2.45, 2.75) is 6.92 Å². The van der Waals surface area contributed by atoms with E-state index in [2.05, 4.69) is 8.58 Å². The van der Waals surface area contributed by atoms with Crippen LogP contribution in [0.3, 0.4) is 0 Å². The zero-order valence-electron chi connectivity index (χ0n) is 7.30. The van der Waals surface area contributed by atoms with E-state index in [0.29, 0.717) is 5.56 Å². The van der Waals surface area contributed by atoms with Gasteiger partial charge in [-0.1, -0.05) is 18.2 Å². The summed E-state index contributed by atoms with van der Waals surface area (Å²) in [7, 11) is -4.21. The van der Waals surface area contributed by atoms with Crippen molar-refractivity contribution in [2.75, 3.05) is 0 Å². The minimum Gasteiger partial charge on any atom is -0.365 e. The van der Waals surface area contributed by atoms with Crippen LogP contribution < -0.4 is 4.18 Å². The molecular formula is C8H7NO4S. The van der Waals surface area contributed by atoms with Gasteiger partial charge < -0.3 is 4.18 Å². The number of carbonyl (C=O) groups excluding carboxylic acids is 1. The van der Waals surface area contributed by atoms with Crippen LogP contribution in [0.4, 0.5) is 0 Å². The van der Waals surface area contributed by atoms with Crippen LogP contribution in [0.15, 0.2) is 28.7 Å². The highest BCUT2D eigenvalue weighted by molar-refractivity contribution is 7.85. The Labute approximate surface area is 81.3 Å². The predicted molar refractivity (Wildman–Crippen MR) is 48.8 cm³/mol. The first kappa shape index (κ1) is 10.4. The third kappa shape index (κ3) is 2.69. The lowest BCUT2D eigenvalue weighted by atomic mass is 10.2. The highest BCUT2D eigenvalue weighted by Crippen LogP contribution is 2.18. The molecule has 14 heavy (non-hydrogen) atoms. The molecule has 0 bridgehead atoms. The van der Waals surface area contributed by atoms with Crippen molar-refractivity contribution in [3.8, 4) is 5.75 Å². The molecule has 0 N–H and O–H groups in total. The summed E-state index contributed by atoms with van der Waals surface area (Å²) in [5.74, 6) is 0.145. The minimum atomic E-state index is -4.21. The fourth-order valence-corrected chi connectivity index (χ4v) is 1.37. The van der Waals surface area contributed by atoms with E-state index in [4.69, 9.17) is 0 Å². The smallest absolute Gasteiger partial charge is 0.365 e. The van der Waals surface area contributed by atoms with Crippen molar-refractivity contribution in [1.29, 1.82) is 0 Å². The van der Waals surface area contributed by atoms with Crippen molar-refractivity contribution < 1.29 is 17.4 Å². The standard InChI is InChI=1S/C8H7NO4S/c1-7-4-2-3-5-8(7)13-14(11,12)9-6-10/h2-5H,1H3. The summed E-state index contributed by atoms with van der Waals surface area (Å²) in [4.78, 5) is 9.74. The largest absolute Gasteiger partial charge is 0.439 e. The Morgan fingerprint density at radius 2 is 2.00 bits per heavy atom. The van der Waals surface area contributed by atoms with Crippen LogP contribution >= 0.6 is 0 Å². The van der Waals surface area contributed by atoms with Crippen LogP contribution in [0.25, 0.3) is 0 Å². The van der Waals surface area contributed by atoms with Gasteiger partial charge in [-0.15, -0.1) is 0 Å². The first-order valence-corrected chi connectivity index (χ1v) is 5.01. The van der Waals surface area contributed by atoms with Gasteiger partial charge in [0, 0.05) is 0 Å². The van der Waals surface area contributed by atoms with Gasteiger partial charge in [0.25, 0.3) is 6.08 Å². The van der Waals surface area contributed by atoms with Crippen molar-refractivity contribution in [1.82, 2.24) is 0 Å². The van der Waals surface area contributed by atoms with E-state index in [-0.39, 0.29) is 5.75 Å². The quantitative estimate of drug-likeness (QED) is 0.553. The van der Waals surface area contributed by atoms with E-state index in [1.807, 2.05) is 0 Å². The van der Waals surface area contributed by atoms with Crippen LogP contribution in [-0.4, -0.2) is 14.5 Å². The van der Waals surface area contributed by atoms with Gasteiger partial charge in [-0.05, 0) is 23.0 Å². The number of rotatable bonds is 3. The molecule has 0 aromatic heterocycles. The predicted octanol–water partition coefficient (Wildman–Crippen LogP) is 0.954. The second-order valence-electron chi connectivity index (χ2n) is 2.46. The molecule has 0 radical (unpaired) electrons. The van der Waals surface area contributed by atoms with E-state index in [0.717, 1.165) is 6.08 Å². The number of hydrogen-bond acceptors (Lipinski definition) is 4. The van der Waals surface area contributed by atoms with Crippen LogP contribution in [-0.2, 0) is 15.1 Å². The highest BCUT2D eigenvalue weighted by atomic mass is 32.2. The molecule has 0 unspecified atom stereocenters. The Hall–Kier alpha value is -1.65. The fourth-order valence-electron chi connectivity index (χ4n) is 0.828. The number of hydrogen-bond donors (Lipinski definition) is 0. The lowest BCUT2D eigenvalue weighted by Gasteiger charge is -2.03. The summed E-state index contributed by atoms with van der Waals surface area (Å²) in [6.45, 7) is 1.68. The minimum absolute atomic E-state index is 0.145. The Morgan fingerprint density at radius 3 is 2.57 bits per heavy atom. The summed E-state index contributed by atoms with van der Waals surface area (Å²) in [5, 5.41) is 0. The van der Waals surface area contributed by atoms with Crippen LogP contribution in [0, 0.1) is 6.92 Å². The Kier molecular flexibility index (Phi) is 3.01.